The first kappa shape index (κ1) is 30.4. The van der Waals surface area contributed by atoms with Crippen LogP contribution in [-0.4, -0.2) is 92.7 Å². The van der Waals surface area contributed by atoms with Crippen molar-refractivity contribution < 1.29 is 23.4 Å². The molecule has 2 aromatic carbocycles. The molecule has 6 rings (SSSR count). The summed E-state index contributed by atoms with van der Waals surface area (Å²) in [4.78, 5) is 26.4. The van der Waals surface area contributed by atoms with Gasteiger partial charge >= 0.3 is 0 Å². The zero-order valence-corrected chi connectivity index (χ0v) is 25.1. The summed E-state index contributed by atoms with van der Waals surface area (Å²) in [5.41, 5.74) is 2.13. The summed E-state index contributed by atoms with van der Waals surface area (Å²) in [5.74, 6) is -2.27. The minimum atomic E-state index is -1.19. The van der Waals surface area contributed by atoms with E-state index in [4.69, 9.17) is 10.00 Å². The highest BCUT2D eigenvalue weighted by atomic mass is 19.2. The van der Waals surface area contributed by atoms with Gasteiger partial charge in [-0.1, -0.05) is 0 Å². The third-order valence-electron chi connectivity index (χ3n) is 8.36. The van der Waals surface area contributed by atoms with Crippen LogP contribution in [0, 0.1) is 29.9 Å². The number of rotatable bonds is 8. The molecular formula is C32H34F2N8O3. The second-order valence-corrected chi connectivity index (χ2v) is 11.8. The molecule has 0 bridgehead atoms. The lowest BCUT2D eigenvalue weighted by atomic mass is 10.0. The van der Waals surface area contributed by atoms with Crippen LogP contribution in [0.25, 0.3) is 16.9 Å². The predicted octanol–water partition coefficient (Wildman–Crippen LogP) is 3.50. The van der Waals surface area contributed by atoms with Gasteiger partial charge in [-0.25, -0.2) is 14.4 Å². The first-order valence-corrected chi connectivity index (χ1v) is 14.8. The van der Waals surface area contributed by atoms with Crippen LogP contribution in [0.2, 0.25) is 0 Å². The van der Waals surface area contributed by atoms with E-state index >= 15 is 0 Å². The smallest absolute Gasteiger partial charge is 0.254 e. The largest absolute Gasteiger partial charge is 0.476 e. The Kier molecular flexibility index (Phi) is 8.37. The van der Waals surface area contributed by atoms with Crippen LogP contribution in [0.5, 0.6) is 5.75 Å². The fourth-order valence-corrected chi connectivity index (χ4v) is 6.06. The fourth-order valence-electron chi connectivity index (χ4n) is 6.06. The summed E-state index contributed by atoms with van der Waals surface area (Å²) in [5, 5.41) is 25.5. The maximum atomic E-state index is 15.0. The average Bonchev–Trinajstić information content (AvgIpc) is 3.61. The number of carbonyl (C=O) groups excluding carboxylic acids is 1. The number of aliphatic hydroxyl groups is 1. The van der Waals surface area contributed by atoms with E-state index in [0.29, 0.717) is 48.0 Å². The van der Waals surface area contributed by atoms with Crippen molar-refractivity contribution in [2.24, 2.45) is 0 Å². The zero-order valence-electron chi connectivity index (χ0n) is 25.1. The molecule has 11 nitrogen and oxygen atoms in total. The number of ether oxygens (including phenoxy) is 1. The van der Waals surface area contributed by atoms with Crippen molar-refractivity contribution in [2.75, 3.05) is 51.2 Å². The van der Waals surface area contributed by atoms with E-state index in [-0.39, 0.29) is 23.3 Å². The lowest BCUT2D eigenvalue weighted by Gasteiger charge is -2.36. The van der Waals surface area contributed by atoms with E-state index in [0.717, 1.165) is 31.6 Å². The van der Waals surface area contributed by atoms with Crippen LogP contribution >= 0.6 is 0 Å². The average molecular weight is 617 g/mol. The number of hydrogen-bond acceptors (Lipinski definition) is 9. The molecule has 4 aromatic rings. The quantitative estimate of drug-likeness (QED) is 0.272. The summed E-state index contributed by atoms with van der Waals surface area (Å²) < 4.78 is 36.1. The molecule has 3 N–H and O–H groups in total. The van der Waals surface area contributed by atoms with Gasteiger partial charge in [0.25, 0.3) is 5.91 Å². The number of aromatic nitrogens is 3. The Balaban J connectivity index is 1.13. The van der Waals surface area contributed by atoms with Crippen molar-refractivity contribution >= 4 is 23.1 Å². The first-order chi connectivity index (χ1) is 21.6. The third-order valence-corrected chi connectivity index (χ3v) is 8.36. The number of fused-ring (bicyclic) bond motifs is 1. The van der Waals surface area contributed by atoms with Crippen LogP contribution in [0.4, 0.5) is 20.3 Å². The van der Waals surface area contributed by atoms with Crippen molar-refractivity contribution in [3.8, 4) is 23.1 Å². The summed E-state index contributed by atoms with van der Waals surface area (Å²) >= 11 is 0. The lowest BCUT2D eigenvalue weighted by Crippen LogP contribution is -2.51. The highest BCUT2D eigenvalue weighted by molar-refractivity contribution is 5.96. The molecule has 2 saturated heterocycles. The van der Waals surface area contributed by atoms with Gasteiger partial charge in [-0.3, -0.25) is 14.1 Å². The Hall–Kier alpha value is -4.64. The van der Waals surface area contributed by atoms with Gasteiger partial charge in [0.2, 0.25) is 5.82 Å². The molecule has 2 atom stereocenters. The number of piperazine rings is 1. The number of aryl methyl sites for hydroxylation is 1. The number of amides is 1. The Bertz CT molecular complexity index is 1780. The van der Waals surface area contributed by atoms with Gasteiger partial charge in [-0.05, 0) is 56.2 Å². The van der Waals surface area contributed by atoms with Gasteiger partial charge in [-0.2, -0.15) is 9.65 Å². The molecule has 0 spiro atoms. The molecule has 13 heteroatoms. The highest BCUT2D eigenvalue weighted by Crippen LogP contribution is 2.32. The second-order valence-electron chi connectivity index (χ2n) is 11.8. The summed E-state index contributed by atoms with van der Waals surface area (Å²) in [7, 11) is 0. The third kappa shape index (κ3) is 6.30. The van der Waals surface area contributed by atoms with Crippen molar-refractivity contribution in [2.45, 2.75) is 31.9 Å². The molecular weight excluding hydrogens is 582 g/mol. The maximum absolute atomic E-state index is 15.0. The van der Waals surface area contributed by atoms with Gasteiger partial charge < -0.3 is 25.4 Å². The number of benzene rings is 2. The number of nitrogens with one attached hydrogen (secondary N) is 2. The molecule has 234 valence electrons. The minimum Gasteiger partial charge on any atom is -0.476 e. The molecule has 1 amide bonds. The van der Waals surface area contributed by atoms with Gasteiger partial charge in [0.1, 0.15) is 6.07 Å². The zero-order chi connectivity index (χ0) is 31.7. The SMILES string of the molecule is Cc1cc(Nc2nccn3c(-c4ccc(OCC#N)c(F)c4F)cnc23)ccc1C(=O)N1CCN(C[C@@H]2C[C@](C)(O)CN2)CC1. The number of nitriles is 1. The van der Waals surface area contributed by atoms with Crippen LogP contribution in [0.1, 0.15) is 29.3 Å². The lowest BCUT2D eigenvalue weighted by molar-refractivity contribution is 0.0609. The Morgan fingerprint density at radius 1 is 1.20 bits per heavy atom. The van der Waals surface area contributed by atoms with E-state index in [1.807, 2.05) is 24.8 Å². The molecule has 2 fully saturated rings. The summed E-state index contributed by atoms with van der Waals surface area (Å²) in [6.45, 7) is 7.63. The fraction of sp³-hybridized carbons (Fsp3) is 0.375. The molecule has 45 heavy (non-hydrogen) atoms. The number of carbonyl (C=O) groups is 1. The number of β-amino-alcohol motifs (C(OH)–C–C–N with tert-alkyl or cyclic N) is 1. The second kappa shape index (κ2) is 12.4. The van der Waals surface area contributed by atoms with Crippen molar-refractivity contribution in [1.29, 1.82) is 5.26 Å². The molecule has 0 saturated carbocycles. The van der Waals surface area contributed by atoms with Crippen LogP contribution in [-0.2, 0) is 0 Å². The molecule has 4 heterocycles. The minimum absolute atomic E-state index is 0.0166. The van der Waals surface area contributed by atoms with Gasteiger partial charge in [0.15, 0.2) is 29.6 Å². The molecule has 0 radical (unpaired) electrons. The van der Waals surface area contributed by atoms with E-state index in [2.05, 4.69) is 25.5 Å². The van der Waals surface area contributed by atoms with Crippen molar-refractivity contribution in [1.82, 2.24) is 29.5 Å². The van der Waals surface area contributed by atoms with E-state index in [1.165, 1.54) is 24.5 Å². The molecule has 2 aliphatic heterocycles. The summed E-state index contributed by atoms with van der Waals surface area (Å²) in [6.07, 6.45) is 5.27. The van der Waals surface area contributed by atoms with Gasteiger partial charge in [-0.15, -0.1) is 0 Å². The topological polar surface area (TPSA) is 131 Å². The van der Waals surface area contributed by atoms with Crippen LogP contribution in [0.15, 0.2) is 48.9 Å². The molecule has 2 aliphatic rings. The molecule has 0 unspecified atom stereocenters. The first-order valence-electron chi connectivity index (χ1n) is 14.8. The Morgan fingerprint density at radius 2 is 2.00 bits per heavy atom. The van der Waals surface area contributed by atoms with E-state index in [9.17, 15) is 18.7 Å². The normalized spacial score (nSPS) is 20.4. The Labute approximate surface area is 259 Å². The van der Waals surface area contributed by atoms with Gasteiger partial charge in [0.05, 0.1) is 17.5 Å². The van der Waals surface area contributed by atoms with E-state index in [1.54, 1.807) is 28.8 Å². The highest BCUT2D eigenvalue weighted by Gasteiger charge is 2.34. The number of nitrogens with zero attached hydrogens (tertiary/aromatic N) is 6. The van der Waals surface area contributed by atoms with Crippen molar-refractivity contribution in [3.63, 3.8) is 0 Å². The van der Waals surface area contributed by atoms with Crippen LogP contribution in [0.3, 0.4) is 0 Å². The predicted molar refractivity (Wildman–Crippen MR) is 163 cm³/mol. The number of anilines is 2. The molecule has 2 aromatic heterocycles. The standard InChI is InChI=1S/C32H34F2N8O3/c1-20-15-21(3-4-23(20)31(43)41-12-10-40(11-13-41)18-22-16-32(2,44)19-38-22)39-29-30-37-17-25(42(30)9-8-36-29)24-5-6-26(45-14-7-35)28(34)27(24)33/h3-6,8-9,15,17,22,38,44H,10-14,16,18-19H2,1-2H3,(H,36,39)/t22-,32-/m0/s1. The maximum Gasteiger partial charge on any atom is 0.254 e. The van der Waals surface area contributed by atoms with E-state index < -0.39 is 23.8 Å². The molecule has 0 aliphatic carbocycles. The summed E-state index contributed by atoms with van der Waals surface area (Å²) in [6, 6.07) is 10.1. The number of imidazole rings is 1. The van der Waals surface area contributed by atoms with Crippen LogP contribution < -0.4 is 15.4 Å². The number of halogens is 2. The monoisotopic (exact) mass is 616 g/mol. The van der Waals surface area contributed by atoms with Crippen molar-refractivity contribution in [3.05, 3.63) is 71.7 Å². The Morgan fingerprint density at radius 3 is 2.71 bits per heavy atom. The number of hydrogen-bond donors (Lipinski definition) is 3. The van der Waals surface area contributed by atoms with Gasteiger partial charge in [0, 0.05) is 74.5 Å².